The summed E-state index contributed by atoms with van der Waals surface area (Å²) in [5.41, 5.74) is 0.609. The summed E-state index contributed by atoms with van der Waals surface area (Å²) in [5.74, 6) is -0.209. The molecule has 0 saturated heterocycles. The fourth-order valence-corrected chi connectivity index (χ4v) is 6.28. The number of ether oxygens (including phenoxy) is 1. The van der Waals surface area contributed by atoms with Gasteiger partial charge in [0.2, 0.25) is 0 Å². The van der Waals surface area contributed by atoms with Gasteiger partial charge in [-0.3, -0.25) is 9.59 Å². The Bertz CT molecular complexity index is 751. The van der Waals surface area contributed by atoms with Crippen molar-refractivity contribution in [1.82, 2.24) is 0 Å². The van der Waals surface area contributed by atoms with Crippen molar-refractivity contribution in [3.8, 4) is 0 Å². The Morgan fingerprint density at radius 2 is 1.96 bits per heavy atom. The monoisotopic (exact) mass is 379 g/mol. The van der Waals surface area contributed by atoms with E-state index in [4.69, 9.17) is 16.3 Å². The first-order chi connectivity index (χ1) is 12.3. The van der Waals surface area contributed by atoms with E-state index in [0.29, 0.717) is 23.9 Å². The van der Waals surface area contributed by atoms with Crippen molar-refractivity contribution < 1.29 is 18.7 Å². The summed E-state index contributed by atoms with van der Waals surface area (Å²) in [4.78, 5) is 24.7. The van der Waals surface area contributed by atoms with E-state index in [1.807, 2.05) is 0 Å². The van der Waals surface area contributed by atoms with Crippen molar-refractivity contribution in [2.45, 2.75) is 50.3 Å². The van der Waals surface area contributed by atoms with Crippen LogP contribution in [0.4, 0.5) is 10.1 Å². The Balaban J connectivity index is 1.38. The van der Waals surface area contributed by atoms with E-state index in [0.717, 1.165) is 37.7 Å². The normalized spacial score (nSPS) is 34.6. The van der Waals surface area contributed by atoms with Crippen molar-refractivity contribution in [3.63, 3.8) is 0 Å². The maximum absolute atomic E-state index is 13.3. The van der Waals surface area contributed by atoms with Crippen molar-refractivity contribution in [1.29, 1.82) is 0 Å². The number of hydrogen-bond donors (Lipinski definition) is 1. The van der Waals surface area contributed by atoms with Crippen LogP contribution in [0, 0.1) is 30.0 Å². The number of carbonyl (C=O) groups excluding carboxylic acids is 2. The van der Waals surface area contributed by atoms with Gasteiger partial charge in [0, 0.05) is 10.6 Å². The second-order valence-electron chi connectivity index (χ2n) is 8.48. The van der Waals surface area contributed by atoms with Crippen molar-refractivity contribution >= 4 is 29.2 Å². The molecule has 2 unspecified atom stereocenters. The van der Waals surface area contributed by atoms with Crippen LogP contribution in [-0.2, 0) is 14.3 Å². The Morgan fingerprint density at radius 3 is 2.62 bits per heavy atom. The average Bonchev–Trinajstić information content (AvgIpc) is 2.53. The van der Waals surface area contributed by atoms with Gasteiger partial charge in [0.25, 0.3) is 5.91 Å². The average molecular weight is 380 g/mol. The Morgan fingerprint density at radius 1 is 1.27 bits per heavy atom. The molecule has 4 aliphatic carbocycles. The van der Waals surface area contributed by atoms with Crippen LogP contribution in [0.2, 0.25) is 0 Å². The molecule has 26 heavy (non-hydrogen) atoms. The minimum atomic E-state index is -0.527. The zero-order chi connectivity index (χ0) is 18.5. The number of carbonyl (C=O) groups is 2. The van der Waals surface area contributed by atoms with Crippen molar-refractivity contribution in [2.75, 3.05) is 11.9 Å². The molecular weight excluding hydrogens is 357 g/mol. The van der Waals surface area contributed by atoms with Gasteiger partial charge in [-0.15, -0.1) is 11.6 Å². The first-order valence-electron chi connectivity index (χ1n) is 9.19. The summed E-state index contributed by atoms with van der Waals surface area (Å²) in [6.07, 6.45) is 5.42. The number of rotatable bonds is 4. The summed E-state index contributed by atoms with van der Waals surface area (Å²) in [6.45, 7) is 1.41. The van der Waals surface area contributed by atoms with Crippen LogP contribution in [-0.4, -0.2) is 23.4 Å². The molecule has 4 bridgehead atoms. The summed E-state index contributed by atoms with van der Waals surface area (Å²) >= 11 is 6.74. The van der Waals surface area contributed by atoms with Crippen LogP contribution in [0.3, 0.4) is 0 Å². The van der Waals surface area contributed by atoms with E-state index in [1.165, 1.54) is 12.1 Å². The number of benzene rings is 1. The zero-order valence-electron chi connectivity index (χ0n) is 14.8. The molecule has 0 heterocycles. The van der Waals surface area contributed by atoms with Crippen LogP contribution in [0.1, 0.15) is 44.1 Å². The van der Waals surface area contributed by atoms with Gasteiger partial charge in [0.1, 0.15) is 5.82 Å². The number of esters is 1. The van der Waals surface area contributed by atoms with Gasteiger partial charge in [-0.25, -0.2) is 4.39 Å². The molecular formula is C20H23ClFNO3. The van der Waals surface area contributed by atoms with Gasteiger partial charge < -0.3 is 10.1 Å². The lowest BCUT2D eigenvalue weighted by Crippen LogP contribution is -2.56. The highest BCUT2D eigenvalue weighted by atomic mass is 35.5. The Hall–Kier alpha value is -1.62. The lowest BCUT2D eigenvalue weighted by Gasteiger charge is -2.58. The van der Waals surface area contributed by atoms with Gasteiger partial charge in [-0.1, -0.05) is 6.07 Å². The van der Waals surface area contributed by atoms with Gasteiger partial charge in [-0.2, -0.15) is 0 Å². The van der Waals surface area contributed by atoms with Gasteiger partial charge >= 0.3 is 5.97 Å². The third-order valence-corrected chi connectivity index (χ3v) is 6.67. The largest absolute Gasteiger partial charge is 0.455 e. The number of amides is 1. The number of anilines is 1. The van der Waals surface area contributed by atoms with Crippen LogP contribution < -0.4 is 5.32 Å². The molecule has 4 aliphatic rings. The van der Waals surface area contributed by atoms with E-state index >= 15 is 0 Å². The molecule has 4 nitrogen and oxygen atoms in total. The molecule has 1 aromatic rings. The minimum Gasteiger partial charge on any atom is -0.455 e. The first kappa shape index (κ1) is 17.8. The highest BCUT2D eigenvalue weighted by Crippen LogP contribution is 2.64. The first-order valence-corrected chi connectivity index (χ1v) is 9.57. The third kappa shape index (κ3) is 3.22. The molecule has 0 aliphatic heterocycles. The number of hydrogen-bond acceptors (Lipinski definition) is 3. The maximum atomic E-state index is 13.3. The van der Waals surface area contributed by atoms with Gasteiger partial charge in [-0.05, 0) is 75.0 Å². The molecule has 4 fully saturated rings. The predicted molar refractivity (Wildman–Crippen MR) is 96.4 cm³/mol. The lowest BCUT2D eigenvalue weighted by molar-refractivity contribution is -0.171. The number of nitrogens with one attached hydrogen (secondary N) is 1. The molecule has 140 valence electrons. The second-order valence-corrected chi connectivity index (χ2v) is 9.28. The van der Waals surface area contributed by atoms with E-state index in [-0.39, 0.29) is 17.5 Å². The fourth-order valence-electron chi connectivity index (χ4n) is 5.59. The standard InChI is InChI=1S/C20H23ClFNO3/c1-12-2-3-15(22)5-16(12)23-17(24)10-26-18(25)19-6-13-4-14(7-19)9-20(21,8-13)11-19/h2-3,5,13-14H,4,6-11H2,1H3,(H,23,24)/t13-,14+,19?,20?. The number of alkyl halides is 1. The van der Waals surface area contributed by atoms with Crippen molar-refractivity contribution in [2.24, 2.45) is 17.3 Å². The van der Waals surface area contributed by atoms with Crippen LogP contribution in [0.25, 0.3) is 0 Å². The van der Waals surface area contributed by atoms with Crippen LogP contribution in [0.5, 0.6) is 0 Å². The molecule has 0 aromatic heterocycles. The smallest absolute Gasteiger partial charge is 0.312 e. The van der Waals surface area contributed by atoms with E-state index < -0.39 is 17.1 Å². The van der Waals surface area contributed by atoms with E-state index in [2.05, 4.69) is 5.32 Å². The summed E-state index contributed by atoms with van der Waals surface area (Å²) < 4.78 is 18.7. The highest BCUT2D eigenvalue weighted by molar-refractivity contribution is 6.24. The Labute approximate surface area is 157 Å². The molecule has 1 amide bonds. The molecule has 1 aromatic carbocycles. The van der Waals surface area contributed by atoms with Gasteiger partial charge in [0.15, 0.2) is 6.61 Å². The number of aryl methyl sites for hydroxylation is 1. The molecule has 0 spiro atoms. The quantitative estimate of drug-likeness (QED) is 0.630. The van der Waals surface area contributed by atoms with Gasteiger partial charge in [0.05, 0.1) is 5.41 Å². The molecule has 6 heteroatoms. The van der Waals surface area contributed by atoms with Crippen molar-refractivity contribution in [3.05, 3.63) is 29.6 Å². The molecule has 4 saturated carbocycles. The van der Waals surface area contributed by atoms with Crippen LogP contribution in [0.15, 0.2) is 18.2 Å². The van der Waals surface area contributed by atoms with Crippen LogP contribution >= 0.6 is 11.6 Å². The predicted octanol–water partition coefficient (Wildman–Crippen LogP) is 4.19. The third-order valence-electron chi connectivity index (χ3n) is 6.23. The maximum Gasteiger partial charge on any atom is 0.312 e. The molecule has 1 N–H and O–H groups in total. The summed E-state index contributed by atoms with van der Waals surface area (Å²) in [7, 11) is 0. The molecule has 0 radical (unpaired) electrons. The summed E-state index contributed by atoms with van der Waals surface area (Å²) in [6, 6.07) is 4.18. The topological polar surface area (TPSA) is 55.4 Å². The highest BCUT2D eigenvalue weighted by Gasteiger charge is 2.60. The van der Waals surface area contributed by atoms with E-state index in [1.54, 1.807) is 13.0 Å². The SMILES string of the molecule is Cc1ccc(F)cc1NC(=O)COC(=O)C12C[C@@H]3C[C@@H](CC(Cl)(C3)C1)C2. The summed E-state index contributed by atoms with van der Waals surface area (Å²) in [5, 5.41) is 2.61. The minimum absolute atomic E-state index is 0.274. The fraction of sp³-hybridized carbons (Fsp3) is 0.600. The molecule has 5 rings (SSSR count). The second kappa shape index (κ2) is 6.22. The lowest BCUT2D eigenvalue weighted by atomic mass is 9.49. The van der Waals surface area contributed by atoms with E-state index in [9.17, 15) is 14.0 Å². The molecule has 4 atom stereocenters. The zero-order valence-corrected chi connectivity index (χ0v) is 15.6. The Kier molecular flexibility index (Phi) is 4.25. The number of halogens is 2.